The topological polar surface area (TPSA) is 42.2 Å². The third kappa shape index (κ3) is 4.02. The molecular formula is C16H27N3. The largest absolute Gasteiger partial charge is 0.328 e. The lowest BCUT2D eigenvalue weighted by Gasteiger charge is -2.33. The second-order valence-corrected chi connectivity index (χ2v) is 5.93. The third-order valence-electron chi connectivity index (χ3n) is 4.43. The van der Waals surface area contributed by atoms with Crippen molar-refractivity contribution in [3.63, 3.8) is 0 Å². The van der Waals surface area contributed by atoms with Gasteiger partial charge in [0.1, 0.15) is 0 Å². The monoisotopic (exact) mass is 261 g/mol. The van der Waals surface area contributed by atoms with Gasteiger partial charge >= 0.3 is 0 Å². The van der Waals surface area contributed by atoms with Crippen molar-refractivity contribution >= 4 is 0 Å². The smallest absolute Gasteiger partial charge is 0.0357 e. The van der Waals surface area contributed by atoms with Crippen LogP contribution >= 0.6 is 0 Å². The summed E-state index contributed by atoms with van der Waals surface area (Å²) in [6, 6.07) is 5.16. The van der Waals surface area contributed by atoms with Crippen LogP contribution in [0.2, 0.25) is 0 Å². The first kappa shape index (κ1) is 14.5. The highest BCUT2D eigenvalue weighted by atomic mass is 15.1. The van der Waals surface area contributed by atoms with Crippen LogP contribution in [0.5, 0.6) is 0 Å². The summed E-state index contributed by atoms with van der Waals surface area (Å²) < 4.78 is 0. The van der Waals surface area contributed by atoms with Gasteiger partial charge in [0.15, 0.2) is 0 Å². The highest BCUT2D eigenvalue weighted by Gasteiger charge is 2.23. The lowest BCUT2D eigenvalue weighted by molar-refractivity contribution is 0.173. The van der Waals surface area contributed by atoms with Gasteiger partial charge in [-0.3, -0.25) is 9.88 Å². The maximum Gasteiger partial charge on any atom is 0.0357 e. The molecule has 0 spiro atoms. The van der Waals surface area contributed by atoms with Gasteiger partial charge in [-0.15, -0.1) is 0 Å². The van der Waals surface area contributed by atoms with Crippen LogP contribution in [0, 0.1) is 5.92 Å². The molecule has 1 aromatic heterocycles. The van der Waals surface area contributed by atoms with Crippen LogP contribution in [-0.2, 0) is 0 Å². The maximum absolute atomic E-state index is 5.98. The molecule has 1 aliphatic rings. The Kier molecular flexibility index (Phi) is 5.34. The van der Waals surface area contributed by atoms with Gasteiger partial charge in [0.05, 0.1) is 0 Å². The van der Waals surface area contributed by atoms with Gasteiger partial charge in [0.25, 0.3) is 0 Å². The van der Waals surface area contributed by atoms with Crippen molar-refractivity contribution in [1.29, 1.82) is 0 Å². The predicted octanol–water partition coefficient (Wildman–Crippen LogP) is 2.98. The molecule has 1 heterocycles. The molecule has 2 rings (SSSR count). The molecule has 0 amide bonds. The van der Waals surface area contributed by atoms with Gasteiger partial charge in [-0.2, -0.15) is 0 Å². The van der Waals surface area contributed by atoms with Gasteiger partial charge in [-0.1, -0.05) is 13.0 Å². The third-order valence-corrected chi connectivity index (χ3v) is 4.43. The summed E-state index contributed by atoms with van der Waals surface area (Å²) in [6.07, 6.45) is 9.95. The Labute approximate surface area is 117 Å². The summed E-state index contributed by atoms with van der Waals surface area (Å²) >= 11 is 0. The van der Waals surface area contributed by atoms with Crippen LogP contribution in [0.15, 0.2) is 24.5 Å². The molecule has 2 N–H and O–H groups in total. The molecule has 0 bridgehead atoms. The number of aromatic nitrogens is 1. The Morgan fingerprint density at radius 1 is 1.37 bits per heavy atom. The molecule has 19 heavy (non-hydrogen) atoms. The molecule has 1 saturated carbocycles. The van der Waals surface area contributed by atoms with Crippen LogP contribution < -0.4 is 5.73 Å². The van der Waals surface area contributed by atoms with Gasteiger partial charge in [0, 0.05) is 31.0 Å². The van der Waals surface area contributed by atoms with Crippen molar-refractivity contribution in [2.75, 3.05) is 13.6 Å². The molecule has 0 aromatic carbocycles. The quantitative estimate of drug-likeness (QED) is 0.886. The molecule has 0 saturated heterocycles. The van der Waals surface area contributed by atoms with E-state index in [1.807, 2.05) is 18.5 Å². The Morgan fingerprint density at radius 3 is 2.68 bits per heavy atom. The van der Waals surface area contributed by atoms with E-state index in [1.165, 1.54) is 37.8 Å². The fourth-order valence-electron chi connectivity index (χ4n) is 3.28. The van der Waals surface area contributed by atoms with E-state index in [2.05, 4.69) is 29.9 Å². The van der Waals surface area contributed by atoms with Gasteiger partial charge < -0.3 is 5.73 Å². The Balaban J connectivity index is 1.92. The number of nitrogens with zero attached hydrogens (tertiary/aromatic N) is 2. The fraction of sp³-hybridized carbons (Fsp3) is 0.688. The Hall–Kier alpha value is -0.930. The first-order valence-electron chi connectivity index (χ1n) is 7.56. The first-order valence-corrected chi connectivity index (χ1v) is 7.56. The lowest BCUT2D eigenvalue weighted by atomic mass is 9.86. The number of hydrogen-bond donors (Lipinski definition) is 1. The van der Waals surface area contributed by atoms with E-state index in [4.69, 9.17) is 5.73 Å². The Morgan fingerprint density at radius 2 is 2.11 bits per heavy atom. The fourth-order valence-corrected chi connectivity index (χ4v) is 3.28. The number of rotatable bonds is 5. The molecular weight excluding hydrogens is 234 g/mol. The van der Waals surface area contributed by atoms with Crippen LogP contribution in [0.1, 0.15) is 50.6 Å². The average molecular weight is 261 g/mol. The zero-order valence-corrected chi connectivity index (χ0v) is 12.3. The van der Waals surface area contributed by atoms with Crippen molar-refractivity contribution in [3.8, 4) is 0 Å². The second-order valence-electron chi connectivity index (χ2n) is 5.93. The molecule has 0 radical (unpaired) electrons. The van der Waals surface area contributed by atoms with E-state index in [0.717, 1.165) is 12.3 Å². The zero-order chi connectivity index (χ0) is 13.7. The second kappa shape index (κ2) is 7.01. The van der Waals surface area contributed by atoms with E-state index in [1.54, 1.807) is 0 Å². The van der Waals surface area contributed by atoms with E-state index >= 15 is 0 Å². The van der Waals surface area contributed by atoms with Gasteiger partial charge in [0.2, 0.25) is 0 Å². The summed E-state index contributed by atoms with van der Waals surface area (Å²) in [5.41, 5.74) is 7.32. The SMILES string of the molecule is CC[C@H](c1cccnc1)N(C)CC1CCC(N)CC1. The molecule has 1 aliphatic carbocycles. The number of nitrogens with two attached hydrogens (primary N) is 1. The maximum atomic E-state index is 5.98. The minimum atomic E-state index is 0.446. The summed E-state index contributed by atoms with van der Waals surface area (Å²) in [7, 11) is 2.25. The van der Waals surface area contributed by atoms with Crippen molar-refractivity contribution in [1.82, 2.24) is 9.88 Å². The zero-order valence-electron chi connectivity index (χ0n) is 12.3. The van der Waals surface area contributed by atoms with Crippen LogP contribution in [-0.4, -0.2) is 29.5 Å². The molecule has 3 heteroatoms. The number of pyridine rings is 1. The summed E-state index contributed by atoms with van der Waals surface area (Å²) in [6.45, 7) is 3.44. The first-order chi connectivity index (χ1) is 9.20. The molecule has 1 fully saturated rings. The molecule has 1 atom stereocenters. The lowest BCUT2D eigenvalue weighted by Crippen LogP contribution is -2.34. The van der Waals surface area contributed by atoms with E-state index < -0.39 is 0 Å². The van der Waals surface area contributed by atoms with Crippen molar-refractivity contribution in [2.45, 2.75) is 51.1 Å². The predicted molar refractivity (Wildman–Crippen MR) is 79.8 cm³/mol. The average Bonchev–Trinajstić information content (AvgIpc) is 2.43. The molecule has 0 aliphatic heterocycles. The van der Waals surface area contributed by atoms with Crippen molar-refractivity contribution in [2.24, 2.45) is 11.7 Å². The Bertz CT molecular complexity index is 358. The van der Waals surface area contributed by atoms with E-state index in [9.17, 15) is 0 Å². The standard InChI is InChI=1S/C16H27N3/c1-3-16(14-5-4-10-18-11-14)19(2)12-13-6-8-15(17)9-7-13/h4-5,10-11,13,15-16H,3,6-9,12,17H2,1-2H3/t13?,15?,16-/m1/s1. The molecule has 3 nitrogen and oxygen atoms in total. The van der Waals surface area contributed by atoms with Gasteiger partial charge in [-0.25, -0.2) is 0 Å². The minimum absolute atomic E-state index is 0.446. The minimum Gasteiger partial charge on any atom is -0.328 e. The highest BCUT2D eigenvalue weighted by Crippen LogP contribution is 2.28. The summed E-state index contributed by atoms with van der Waals surface area (Å²) in [5, 5.41) is 0. The highest BCUT2D eigenvalue weighted by molar-refractivity contribution is 5.13. The molecule has 1 aromatic rings. The van der Waals surface area contributed by atoms with Crippen molar-refractivity contribution in [3.05, 3.63) is 30.1 Å². The molecule has 0 unspecified atom stereocenters. The summed E-state index contributed by atoms with van der Waals surface area (Å²) in [4.78, 5) is 6.75. The van der Waals surface area contributed by atoms with Gasteiger partial charge in [-0.05, 0) is 56.7 Å². The van der Waals surface area contributed by atoms with Crippen LogP contribution in [0.4, 0.5) is 0 Å². The van der Waals surface area contributed by atoms with Crippen molar-refractivity contribution < 1.29 is 0 Å². The van der Waals surface area contributed by atoms with Crippen LogP contribution in [0.25, 0.3) is 0 Å². The molecule has 106 valence electrons. The van der Waals surface area contributed by atoms with Crippen LogP contribution in [0.3, 0.4) is 0 Å². The van der Waals surface area contributed by atoms with E-state index in [0.29, 0.717) is 12.1 Å². The van der Waals surface area contributed by atoms with E-state index in [-0.39, 0.29) is 0 Å². The number of hydrogen-bond acceptors (Lipinski definition) is 3. The summed E-state index contributed by atoms with van der Waals surface area (Å²) in [5.74, 6) is 0.815. The normalized spacial score (nSPS) is 25.5.